The van der Waals surface area contributed by atoms with Gasteiger partial charge >= 0.3 is 0 Å². The van der Waals surface area contributed by atoms with Crippen LogP contribution < -0.4 is 19.5 Å². The quantitative estimate of drug-likeness (QED) is 0.483. The minimum atomic E-state index is -3.91. The SMILES string of the molecule is COc1ccc(OCC(C)NS(=O)(=O)c2nnc(NC(=O)c3ccccc3)s2)cc1. The Bertz CT molecular complexity index is 1090. The number of anilines is 1. The normalized spacial score (nSPS) is 12.2. The summed E-state index contributed by atoms with van der Waals surface area (Å²) >= 11 is 0.764. The van der Waals surface area contributed by atoms with Crippen LogP contribution in [0.3, 0.4) is 0 Å². The second-order valence-electron chi connectivity index (χ2n) is 6.20. The lowest BCUT2D eigenvalue weighted by atomic mass is 10.2. The first-order valence-corrected chi connectivity index (χ1v) is 11.2. The number of nitrogens with one attached hydrogen (secondary N) is 2. The fourth-order valence-corrected chi connectivity index (χ4v) is 4.51. The molecule has 3 rings (SSSR count). The number of benzene rings is 2. The van der Waals surface area contributed by atoms with Crippen molar-refractivity contribution < 1.29 is 22.7 Å². The van der Waals surface area contributed by atoms with Gasteiger partial charge < -0.3 is 9.47 Å². The zero-order chi connectivity index (χ0) is 21.6. The summed E-state index contributed by atoms with van der Waals surface area (Å²) in [5.41, 5.74) is 0.430. The molecular weight excluding hydrogens is 428 g/mol. The molecule has 1 aromatic heterocycles. The monoisotopic (exact) mass is 448 g/mol. The first-order chi connectivity index (χ1) is 14.4. The topological polar surface area (TPSA) is 120 Å². The van der Waals surface area contributed by atoms with Crippen molar-refractivity contribution in [1.29, 1.82) is 0 Å². The highest BCUT2D eigenvalue weighted by molar-refractivity contribution is 7.91. The Balaban J connectivity index is 1.56. The van der Waals surface area contributed by atoms with Gasteiger partial charge in [-0.05, 0) is 43.3 Å². The lowest BCUT2D eigenvalue weighted by Gasteiger charge is -2.14. The Morgan fingerprint density at radius 3 is 2.40 bits per heavy atom. The number of carbonyl (C=O) groups is 1. The van der Waals surface area contributed by atoms with E-state index in [1.807, 2.05) is 0 Å². The molecule has 2 N–H and O–H groups in total. The number of rotatable bonds is 9. The summed E-state index contributed by atoms with van der Waals surface area (Å²) in [4.78, 5) is 12.1. The van der Waals surface area contributed by atoms with Gasteiger partial charge in [0.05, 0.1) is 13.2 Å². The van der Waals surface area contributed by atoms with Gasteiger partial charge in [-0.25, -0.2) is 13.1 Å². The molecule has 0 fully saturated rings. The zero-order valence-corrected chi connectivity index (χ0v) is 17.9. The minimum Gasteiger partial charge on any atom is -0.497 e. The van der Waals surface area contributed by atoms with Crippen LogP contribution in [-0.4, -0.2) is 44.3 Å². The van der Waals surface area contributed by atoms with Crippen LogP contribution in [0.2, 0.25) is 0 Å². The second kappa shape index (κ2) is 9.65. The molecule has 9 nitrogen and oxygen atoms in total. The van der Waals surface area contributed by atoms with E-state index in [0.717, 1.165) is 11.3 Å². The Morgan fingerprint density at radius 1 is 1.07 bits per heavy atom. The maximum atomic E-state index is 12.5. The number of nitrogens with zero attached hydrogens (tertiary/aromatic N) is 2. The standard InChI is InChI=1S/C19H20N4O5S2/c1-13(12-28-16-10-8-15(27-2)9-11-16)23-30(25,26)19-22-21-18(29-19)20-17(24)14-6-4-3-5-7-14/h3-11,13,23H,12H2,1-2H3,(H,20,21,24). The number of methoxy groups -OCH3 is 1. The molecule has 11 heteroatoms. The first kappa shape index (κ1) is 21.7. The molecule has 0 aliphatic rings. The molecule has 1 unspecified atom stereocenters. The van der Waals surface area contributed by atoms with Gasteiger partial charge in [0.1, 0.15) is 18.1 Å². The molecule has 3 aromatic rings. The van der Waals surface area contributed by atoms with Crippen LogP contribution in [0.25, 0.3) is 0 Å². The van der Waals surface area contributed by atoms with E-state index < -0.39 is 22.0 Å². The molecule has 30 heavy (non-hydrogen) atoms. The number of aromatic nitrogens is 2. The maximum Gasteiger partial charge on any atom is 0.270 e. The van der Waals surface area contributed by atoms with Crippen molar-refractivity contribution in [1.82, 2.24) is 14.9 Å². The van der Waals surface area contributed by atoms with Crippen LogP contribution in [0.1, 0.15) is 17.3 Å². The van der Waals surface area contributed by atoms with Crippen molar-refractivity contribution in [2.75, 3.05) is 19.0 Å². The third kappa shape index (κ3) is 5.75. The van der Waals surface area contributed by atoms with E-state index in [1.165, 1.54) is 0 Å². The number of sulfonamides is 1. The van der Waals surface area contributed by atoms with Crippen LogP contribution in [-0.2, 0) is 10.0 Å². The predicted molar refractivity (Wildman–Crippen MR) is 113 cm³/mol. The number of amides is 1. The van der Waals surface area contributed by atoms with E-state index in [-0.39, 0.29) is 16.1 Å². The van der Waals surface area contributed by atoms with E-state index in [2.05, 4.69) is 20.2 Å². The molecule has 1 atom stereocenters. The van der Waals surface area contributed by atoms with Crippen LogP contribution in [0.4, 0.5) is 5.13 Å². The Labute approximate surface area is 178 Å². The van der Waals surface area contributed by atoms with Crippen molar-refractivity contribution in [3.63, 3.8) is 0 Å². The zero-order valence-electron chi connectivity index (χ0n) is 16.2. The van der Waals surface area contributed by atoms with Crippen molar-refractivity contribution in [3.8, 4) is 11.5 Å². The van der Waals surface area contributed by atoms with Gasteiger partial charge in [-0.15, -0.1) is 10.2 Å². The van der Waals surface area contributed by atoms with E-state index in [9.17, 15) is 13.2 Å². The first-order valence-electron chi connectivity index (χ1n) is 8.86. The second-order valence-corrected chi connectivity index (χ2v) is 9.07. The highest BCUT2D eigenvalue weighted by atomic mass is 32.2. The Morgan fingerprint density at radius 2 is 1.73 bits per heavy atom. The molecule has 0 aliphatic heterocycles. The molecule has 0 aliphatic carbocycles. The van der Waals surface area contributed by atoms with Gasteiger partial charge in [0.25, 0.3) is 15.9 Å². The van der Waals surface area contributed by atoms with E-state index in [0.29, 0.717) is 17.1 Å². The van der Waals surface area contributed by atoms with Crippen molar-refractivity contribution >= 4 is 32.4 Å². The van der Waals surface area contributed by atoms with Gasteiger partial charge in [0.15, 0.2) is 0 Å². The lowest BCUT2D eigenvalue weighted by molar-refractivity contribution is 0.102. The molecule has 0 bridgehead atoms. The van der Waals surface area contributed by atoms with Gasteiger partial charge in [-0.1, -0.05) is 29.5 Å². The minimum absolute atomic E-state index is 0.0892. The van der Waals surface area contributed by atoms with Crippen LogP contribution in [0.15, 0.2) is 58.9 Å². The summed E-state index contributed by atoms with van der Waals surface area (Å²) in [6.45, 7) is 1.78. The summed E-state index contributed by atoms with van der Waals surface area (Å²) in [6.07, 6.45) is 0. The average Bonchev–Trinajstić information content (AvgIpc) is 3.22. The van der Waals surface area contributed by atoms with Crippen molar-refractivity contribution in [2.45, 2.75) is 17.3 Å². The summed E-state index contributed by atoms with van der Waals surface area (Å²) < 4.78 is 37.9. The molecule has 0 saturated heterocycles. The highest BCUT2D eigenvalue weighted by Gasteiger charge is 2.23. The number of ether oxygens (including phenoxy) is 2. The fourth-order valence-electron chi connectivity index (χ4n) is 2.37. The van der Waals surface area contributed by atoms with Crippen LogP contribution in [0.5, 0.6) is 11.5 Å². The summed E-state index contributed by atoms with van der Waals surface area (Å²) in [5.74, 6) is 0.885. The smallest absolute Gasteiger partial charge is 0.270 e. The van der Waals surface area contributed by atoms with E-state index >= 15 is 0 Å². The molecule has 0 spiro atoms. The van der Waals surface area contributed by atoms with Gasteiger partial charge in [0, 0.05) is 5.56 Å². The average molecular weight is 449 g/mol. The molecular formula is C19H20N4O5S2. The molecule has 0 radical (unpaired) electrons. The predicted octanol–water partition coefficient (Wildman–Crippen LogP) is 2.54. The lowest BCUT2D eigenvalue weighted by Crippen LogP contribution is -2.36. The van der Waals surface area contributed by atoms with E-state index in [1.54, 1.807) is 68.6 Å². The third-order valence-corrected chi connectivity index (χ3v) is 6.60. The van der Waals surface area contributed by atoms with Gasteiger partial charge in [0.2, 0.25) is 9.47 Å². The van der Waals surface area contributed by atoms with Gasteiger partial charge in [-0.3, -0.25) is 10.1 Å². The third-order valence-electron chi connectivity index (χ3n) is 3.81. The van der Waals surface area contributed by atoms with Crippen LogP contribution in [0, 0.1) is 0 Å². The van der Waals surface area contributed by atoms with E-state index in [4.69, 9.17) is 9.47 Å². The number of carbonyl (C=O) groups excluding carboxylic acids is 1. The largest absolute Gasteiger partial charge is 0.497 e. The molecule has 0 saturated carbocycles. The highest BCUT2D eigenvalue weighted by Crippen LogP contribution is 2.21. The summed E-state index contributed by atoms with van der Waals surface area (Å²) in [5, 5.41) is 10.0. The molecule has 2 aromatic carbocycles. The van der Waals surface area contributed by atoms with Crippen molar-refractivity contribution in [3.05, 3.63) is 60.2 Å². The Hall–Kier alpha value is -3.02. The number of hydrogen-bond donors (Lipinski definition) is 2. The number of hydrogen-bond acceptors (Lipinski definition) is 8. The fraction of sp³-hybridized carbons (Fsp3) is 0.211. The van der Waals surface area contributed by atoms with Crippen molar-refractivity contribution in [2.24, 2.45) is 0 Å². The molecule has 1 heterocycles. The molecule has 158 valence electrons. The maximum absolute atomic E-state index is 12.5. The summed E-state index contributed by atoms with van der Waals surface area (Å²) in [7, 11) is -2.34. The Kier molecular flexibility index (Phi) is 6.98. The molecule has 1 amide bonds. The summed E-state index contributed by atoms with van der Waals surface area (Å²) in [6, 6.07) is 14.9. The van der Waals surface area contributed by atoms with Crippen LogP contribution >= 0.6 is 11.3 Å². The van der Waals surface area contributed by atoms with Gasteiger partial charge in [-0.2, -0.15) is 0 Å².